The summed E-state index contributed by atoms with van der Waals surface area (Å²) in [5, 5.41) is 17.9. The topological polar surface area (TPSA) is 68.5 Å². The summed E-state index contributed by atoms with van der Waals surface area (Å²) in [6.07, 6.45) is 0. The van der Waals surface area contributed by atoms with Crippen LogP contribution in [-0.2, 0) is 0 Å². The maximum absolute atomic E-state index is 4.94. The Bertz CT molecular complexity index is 1420. The Morgan fingerprint density at radius 3 is 2.34 bits per heavy atom. The Morgan fingerprint density at radius 1 is 0.781 bits per heavy atom. The molecule has 6 heteroatoms. The van der Waals surface area contributed by atoms with Crippen molar-refractivity contribution in [1.29, 1.82) is 0 Å². The van der Waals surface area contributed by atoms with Crippen molar-refractivity contribution in [3.63, 3.8) is 0 Å². The second-order valence-electron chi connectivity index (χ2n) is 8.15. The molecule has 0 atom stereocenters. The summed E-state index contributed by atoms with van der Waals surface area (Å²) < 4.78 is 1.83. The van der Waals surface area contributed by atoms with Gasteiger partial charge in [0.05, 0.1) is 16.9 Å². The first-order chi connectivity index (χ1) is 15.5. The number of anilines is 2. The normalized spacial score (nSPS) is 11.1. The maximum atomic E-state index is 4.94. The highest BCUT2D eigenvalue weighted by Gasteiger charge is 2.13. The Labute approximate surface area is 187 Å². The van der Waals surface area contributed by atoms with Crippen LogP contribution in [0.1, 0.15) is 22.4 Å². The minimum Gasteiger partial charge on any atom is -0.323 e. The molecule has 0 aliphatic rings. The summed E-state index contributed by atoms with van der Waals surface area (Å²) in [5.41, 5.74) is 7.32. The van der Waals surface area contributed by atoms with Crippen LogP contribution in [0.2, 0.25) is 0 Å². The molecule has 0 fully saturated rings. The molecular weight excluding hydrogens is 396 g/mol. The fourth-order valence-corrected chi connectivity index (χ4v) is 3.99. The monoisotopic (exact) mass is 420 g/mol. The zero-order chi connectivity index (χ0) is 22.2. The Kier molecular flexibility index (Phi) is 4.90. The number of pyridine rings is 1. The smallest absolute Gasteiger partial charge is 0.156 e. The molecule has 0 saturated carbocycles. The molecule has 0 amide bonds. The summed E-state index contributed by atoms with van der Waals surface area (Å²) in [6, 6.07) is 22.3. The van der Waals surface area contributed by atoms with Crippen molar-refractivity contribution in [1.82, 2.24) is 25.0 Å². The summed E-state index contributed by atoms with van der Waals surface area (Å²) in [7, 11) is 0. The van der Waals surface area contributed by atoms with Crippen molar-refractivity contribution in [3.8, 4) is 17.1 Å². The van der Waals surface area contributed by atoms with E-state index in [0.717, 1.165) is 39.7 Å². The lowest BCUT2D eigenvalue weighted by molar-refractivity contribution is 0.841. The Balaban J connectivity index is 1.51. The van der Waals surface area contributed by atoms with Crippen LogP contribution in [0, 0.1) is 27.7 Å². The number of hydrogen-bond acceptors (Lipinski definition) is 5. The fraction of sp³-hybridized carbons (Fsp3) is 0.154. The van der Waals surface area contributed by atoms with E-state index in [1.54, 1.807) is 0 Å². The Hall–Kier alpha value is -4.06. The molecule has 3 heterocycles. The van der Waals surface area contributed by atoms with Gasteiger partial charge in [0, 0.05) is 17.0 Å². The fourth-order valence-electron chi connectivity index (χ4n) is 3.99. The molecule has 1 N–H and O–H groups in total. The predicted octanol–water partition coefficient (Wildman–Crippen LogP) is 5.85. The van der Waals surface area contributed by atoms with Gasteiger partial charge in [-0.2, -0.15) is 9.78 Å². The van der Waals surface area contributed by atoms with Gasteiger partial charge >= 0.3 is 0 Å². The highest BCUT2D eigenvalue weighted by atomic mass is 15.4. The lowest BCUT2D eigenvalue weighted by Crippen LogP contribution is -2.07. The first kappa shape index (κ1) is 19.9. The number of fused-ring (bicyclic) bond motifs is 1. The molecule has 0 aliphatic heterocycles. The molecule has 5 rings (SSSR count). The van der Waals surface area contributed by atoms with Crippen LogP contribution in [0.25, 0.3) is 28.0 Å². The lowest BCUT2D eigenvalue weighted by Gasteiger charge is -2.12. The second-order valence-corrected chi connectivity index (χ2v) is 8.15. The number of nitrogens with one attached hydrogen (secondary N) is 1. The minimum absolute atomic E-state index is 0.648. The number of benzene rings is 2. The van der Waals surface area contributed by atoms with Gasteiger partial charge in [-0.1, -0.05) is 42.0 Å². The van der Waals surface area contributed by atoms with Crippen LogP contribution >= 0.6 is 0 Å². The van der Waals surface area contributed by atoms with Gasteiger partial charge in [0.2, 0.25) is 0 Å². The van der Waals surface area contributed by atoms with Gasteiger partial charge in [0.1, 0.15) is 5.82 Å². The average Bonchev–Trinajstić information content (AvgIpc) is 3.15. The molecule has 0 saturated heterocycles. The van der Waals surface area contributed by atoms with Crippen LogP contribution in [0.5, 0.6) is 0 Å². The van der Waals surface area contributed by atoms with E-state index >= 15 is 0 Å². The van der Waals surface area contributed by atoms with Gasteiger partial charge in [-0.15, -0.1) is 10.2 Å². The van der Waals surface area contributed by atoms with Crippen LogP contribution in [0.4, 0.5) is 11.6 Å². The van der Waals surface area contributed by atoms with E-state index in [9.17, 15) is 0 Å². The van der Waals surface area contributed by atoms with Crippen LogP contribution in [0.15, 0.2) is 66.7 Å². The third-order valence-electron chi connectivity index (χ3n) is 5.48. The van der Waals surface area contributed by atoms with E-state index in [1.807, 2.05) is 60.1 Å². The first-order valence-corrected chi connectivity index (χ1v) is 10.6. The number of hydrogen-bond donors (Lipinski definition) is 1. The van der Waals surface area contributed by atoms with E-state index in [4.69, 9.17) is 4.98 Å². The minimum atomic E-state index is 0.648. The molecule has 0 spiro atoms. The van der Waals surface area contributed by atoms with Crippen LogP contribution < -0.4 is 5.32 Å². The summed E-state index contributed by atoms with van der Waals surface area (Å²) >= 11 is 0. The van der Waals surface area contributed by atoms with Crippen molar-refractivity contribution in [3.05, 3.63) is 89.1 Å². The molecule has 6 nitrogen and oxygen atoms in total. The van der Waals surface area contributed by atoms with Crippen molar-refractivity contribution in [2.75, 3.05) is 5.32 Å². The predicted molar refractivity (Wildman–Crippen MR) is 129 cm³/mol. The number of aromatic nitrogens is 5. The number of nitrogens with zero attached hydrogens (tertiary/aromatic N) is 5. The van der Waals surface area contributed by atoms with Gasteiger partial charge in [-0.3, -0.25) is 0 Å². The van der Waals surface area contributed by atoms with E-state index in [2.05, 4.69) is 59.6 Å². The highest BCUT2D eigenvalue weighted by molar-refractivity contribution is 5.86. The van der Waals surface area contributed by atoms with Crippen molar-refractivity contribution in [2.45, 2.75) is 27.7 Å². The molecule has 0 unspecified atom stereocenters. The molecule has 158 valence electrons. The van der Waals surface area contributed by atoms with Crippen LogP contribution in [-0.4, -0.2) is 25.0 Å². The van der Waals surface area contributed by atoms with Gasteiger partial charge in [-0.25, -0.2) is 4.98 Å². The molecule has 0 bridgehead atoms. The standard InChI is InChI=1S/C26H24N6/c1-16-12-18(3)26-21(13-16)17(2)14-24(28-26)32-25(15-19(4)31-32)27-23-11-10-22(29-30-23)20-8-6-5-7-9-20/h5-15H,1-4H3,(H,27,30). The molecule has 3 aromatic heterocycles. The molecular formula is C26H24N6. The van der Waals surface area contributed by atoms with E-state index in [1.165, 1.54) is 16.5 Å². The van der Waals surface area contributed by atoms with Gasteiger partial charge in [0.25, 0.3) is 0 Å². The average molecular weight is 421 g/mol. The van der Waals surface area contributed by atoms with Gasteiger partial charge in [0.15, 0.2) is 11.6 Å². The van der Waals surface area contributed by atoms with Gasteiger partial charge < -0.3 is 5.32 Å². The third-order valence-corrected chi connectivity index (χ3v) is 5.48. The first-order valence-electron chi connectivity index (χ1n) is 10.6. The zero-order valence-corrected chi connectivity index (χ0v) is 18.6. The SMILES string of the molecule is Cc1cc(C)c2nc(-n3nc(C)cc3Nc3ccc(-c4ccccc4)nn3)cc(C)c2c1. The van der Waals surface area contributed by atoms with Gasteiger partial charge in [-0.05, 0) is 63.1 Å². The maximum Gasteiger partial charge on any atom is 0.156 e. The largest absolute Gasteiger partial charge is 0.323 e. The number of aryl methyl sites for hydroxylation is 4. The Morgan fingerprint density at radius 2 is 1.59 bits per heavy atom. The molecule has 0 aliphatic carbocycles. The summed E-state index contributed by atoms with van der Waals surface area (Å²) in [6.45, 7) is 8.30. The lowest BCUT2D eigenvalue weighted by atomic mass is 10.0. The zero-order valence-electron chi connectivity index (χ0n) is 18.6. The highest BCUT2D eigenvalue weighted by Crippen LogP contribution is 2.27. The van der Waals surface area contributed by atoms with E-state index in [-0.39, 0.29) is 0 Å². The molecule has 0 radical (unpaired) electrons. The van der Waals surface area contributed by atoms with Crippen molar-refractivity contribution >= 4 is 22.5 Å². The van der Waals surface area contributed by atoms with Crippen LogP contribution in [0.3, 0.4) is 0 Å². The third kappa shape index (κ3) is 3.71. The second kappa shape index (κ2) is 7.89. The van der Waals surface area contributed by atoms with E-state index in [0.29, 0.717) is 5.82 Å². The van der Waals surface area contributed by atoms with Crippen molar-refractivity contribution < 1.29 is 0 Å². The molecule has 32 heavy (non-hydrogen) atoms. The van der Waals surface area contributed by atoms with E-state index < -0.39 is 0 Å². The van der Waals surface area contributed by atoms with Crippen molar-refractivity contribution in [2.24, 2.45) is 0 Å². The summed E-state index contributed by atoms with van der Waals surface area (Å²) in [4.78, 5) is 4.94. The summed E-state index contributed by atoms with van der Waals surface area (Å²) in [5.74, 6) is 2.21. The molecule has 2 aromatic carbocycles. The number of rotatable bonds is 4. The quantitative estimate of drug-likeness (QED) is 0.395. The molecule has 5 aromatic rings.